The zero-order valence-electron chi connectivity index (χ0n) is 15.2. The third kappa shape index (κ3) is 2.97. The molecular weight excluding hydrogens is 368 g/mol. The molecule has 0 spiro atoms. The van der Waals surface area contributed by atoms with Gasteiger partial charge in [0, 0.05) is 23.1 Å². The number of aliphatic hydroxyl groups is 1. The van der Waals surface area contributed by atoms with Gasteiger partial charge in [-0.2, -0.15) is 0 Å². The Hall–Kier alpha value is -3.39. The lowest BCUT2D eigenvalue weighted by molar-refractivity contribution is -0.0123. The summed E-state index contributed by atoms with van der Waals surface area (Å²) in [5.74, 6) is 1.05. The lowest BCUT2D eigenvalue weighted by atomic mass is 10.0. The topological polar surface area (TPSA) is 108 Å². The molecule has 2 aromatic carbocycles. The van der Waals surface area contributed by atoms with Crippen LogP contribution in [0.2, 0.25) is 0 Å². The van der Waals surface area contributed by atoms with Crippen LogP contribution >= 0.6 is 0 Å². The summed E-state index contributed by atoms with van der Waals surface area (Å²) >= 11 is 0. The molecule has 1 aliphatic heterocycles. The number of ether oxygens (including phenoxy) is 4. The van der Waals surface area contributed by atoms with Crippen molar-refractivity contribution < 1.29 is 33.6 Å². The Balaban J connectivity index is 1.80. The molecule has 146 valence electrons. The van der Waals surface area contributed by atoms with Crippen LogP contribution in [-0.2, 0) is 0 Å². The van der Waals surface area contributed by atoms with Crippen LogP contribution in [0.5, 0.6) is 28.7 Å². The molecule has 0 aliphatic carbocycles. The molecule has 0 radical (unpaired) electrons. The zero-order chi connectivity index (χ0) is 19.8. The van der Waals surface area contributed by atoms with E-state index in [0.717, 1.165) is 0 Å². The molecule has 28 heavy (non-hydrogen) atoms. The van der Waals surface area contributed by atoms with Gasteiger partial charge < -0.3 is 33.6 Å². The molecule has 2 atom stereocenters. The van der Waals surface area contributed by atoms with Crippen LogP contribution in [0.1, 0.15) is 11.7 Å². The molecule has 1 aromatic heterocycles. The van der Waals surface area contributed by atoms with E-state index >= 15 is 0 Å². The van der Waals surface area contributed by atoms with E-state index in [9.17, 15) is 15.0 Å². The van der Waals surface area contributed by atoms with Crippen molar-refractivity contribution in [1.82, 2.24) is 0 Å². The van der Waals surface area contributed by atoms with Gasteiger partial charge in [-0.05, 0) is 24.3 Å². The Morgan fingerprint density at radius 2 is 1.68 bits per heavy atom. The molecule has 8 heteroatoms. The SMILES string of the molecule is COc1cc(C2Oc3cc4oc(=O)ccc4cc3OC2CO)cc(OC)c1O. The molecule has 0 amide bonds. The normalized spacial score (nSPS) is 18.1. The molecule has 4 rings (SSSR count). The third-order valence-electron chi connectivity index (χ3n) is 4.57. The molecular formula is C20H18O8. The number of benzene rings is 2. The number of aromatic hydroxyl groups is 1. The van der Waals surface area contributed by atoms with Crippen LogP contribution in [0.15, 0.2) is 45.6 Å². The second-order valence-electron chi connectivity index (χ2n) is 6.24. The molecule has 2 heterocycles. The highest BCUT2D eigenvalue weighted by Gasteiger charge is 2.34. The second-order valence-corrected chi connectivity index (χ2v) is 6.24. The number of fused-ring (bicyclic) bond motifs is 2. The highest BCUT2D eigenvalue weighted by molar-refractivity contribution is 5.80. The van der Waals surface area contributed by atoms with Crippen molar-refractivity contribution in [2.75, 3.05) is 20.8 Å². The number of hydrogen-bond acceptors (Lipinski definition) is 8. The summed E-state index contributed by atoms with van der Waals surface area (Å²) in [7, 11) is 2.84. The first-order valence-electron chi connectivity index (χ1n) is 8.51. The van der Waals surface area contributed by atoms with Crippen molar-refractivity contribution in [2.45, 2.75) is 12.2 Å². The zero-order valence-corrected chi connectivity index (χ0v) is 15.2. The van der Waals surface area contributed by atoms with Crippen molar-refractivity contribution in [3.05, 3.63) is 52.4 Å². The van der Waals surface area contributed by atoms with Crippen molar-refractivity contribution in [1.29, 1.82) is 0 Å². The minimum absolute atomic E-state index is 0.140. The van der Waals surface area contributed by atoms with Gasteiger partial charge in [0.05, 0.1) is 20.8 Å². The summed E-state index contributed by atoms with van der Waals surface area (Å²) in [5.41, 5.74) is 0.463. The molecule has 0 fully saturated rings. The Bertz CT molecular complexity index is 1060. The van der Waals surface area contributed by atoms with Crippen LogP contribution in [0.4, 0.5) is 0 Å². The molecule has 2 unspecified atom stereocenters. The Morgan fingerprint density at radius 3 is 2.32 bits per heavy atom. The van der Waals surface area contributed by atoms with Crippen molar-refractivity contribution in [3.63, 3.8) is 0 Å². The summed E-state index contributed by atoms with van der Waals surface area (Å²) in [6.45, 7) is -0.308. The maximum atomic E-state index is 11.5. The minimum Gasteiger partial charge on any atom is -0.502 e. The van der Waals surface area contributed by atoms with Gasteiger partial charge in [0.15, 0.2) is 35.2 Å². The number of hydrogen-bond donors (Lipinski definition) is 2. The third-order valence-corrected chi connectivity index (χ3v) is 4.57. The van der Waals surface area contributed by atoms with Crippen LogP contribution in [0, 0.1) is 0 Å². The van der Waals surface area contributed by atoms with E-state index in [1.165, 1.54) is 20.3 Å². The standard InChI is InChI=1S/C20H18O8/c1-24-15-6-11(7-16(25-2)19(15)23)20-17(9-21)26-13-5-10-3-4-18(22)27-12(10)8-14(13)28-20/h3-8,17,20-21,23H,9H2,1-2H3. The number of aliphatic hydroxyl groups excluding tert-OH is 1. The summed E-state index contributed by atoms with van der Waals surface area (Å²) in [6, 6.07) is 9.37. The van der Waals surface area contributed by atoms with Gasteiger partial charge in [-0.25, -0.2) is 4.79 Å². The summed E-state index contributed by atoms with van der Waals surface area (Å²) in [5, 5.41) is 20.6. The largest absolute Gasteiger partial charge is 0.502 e. The average Bonchev–Trinajstić information content (AvgIpc) is 2.71. The minimum atomic E-state index is -0.714. The molecule has 0 saturated heterocycles. The van der Waals surface area contributed by atoms with E-state index in [1.807, 2.05) is 0 Å². The van der Waals surface area contributed by atoms with Gasteiger partial charge in [0.25, 0.3) is 0 Å². The Kier molecular flexibility index (Phi) is 4.48. The van der Waals surface area contributed by atoms with Gasteiger partial charge in [0.2, 0.25) is 5.75 Å². The van der Waals surface area contributed by atoms with Crippen molar-refractivity contribution in [3.8, 4) is 28.7 Å². The lowest BCUT2D eigenvalue weighted by Crippen LogP contribution is -2.36. The summed E-state index contributed by atoms with van der Waals surface area (Å²) in [4.78, 5) is 11.5. The quantitative estimate of drug-likeness (QED) is 0.658. The monoisotopic (exact) mass is 386 g/mol. The van der Waals surface area contributed by atoms with Crippen molar-refractivity contribution >= 4 is 11.0 Å². The highest BCUT2D eigenvalue weighted by atomic mass is 16.6. The van der Waals surface area contributed by atoms with E-state index in [0.29, 0.717) is 28.0 Å². The fraction of sp³-hybridized carbons (Fsp3) is 0.250. The molecule has 3 aromatic rings. The number of phenolic OH excluding ortho intramolecular Hbond substituents is 1. The maximum absolute atomic E-state index is 11.5. The number of methoxy groups -OCH3 is 2. The maximum Gasteiger partial charge on any atom is 0.336 e. The van der Waals surface area contributed by atoms with E-state index in [-0.39, 0.29) is 23.9 Å². The smallest absolute Gasteiger partial charge is 0.336 e. The molecule has 2 N–H and O–H groups in total. The first-order valence-corrected chi connectivity index (χ1v) is 8.51. The molecule has 0 saturated carbocycles. The van der Waals surface area contributed by atoms with Crippen LogP contribution in [0.3, 0.4) is 0 Å². The number of phenols is 1. The van der Waals surface area contributed by atoms with Crippen LogP contribution in [0.25, 0.3) is 11.0 Å². The van der Waals surface area contributed by atoms with Gasteiger partial charge in [-0.3, -0.25) is 0 Å². The molecule has 0 bridgehead atoms. The van der Waals surface area contributed by atoms with E-state index in [4.69, 9.17) is 23.4 Å². The predicted molar refractivity (Wildman–Crippen MR) is 98.6 cm³/mol. The highest BCUT2D eigenvalue weighted by Crippen LogP contribution is 2.45. The predicted octanol–water partition coefficient (Wildman–Crippen LogP) is 2.39. The molecule has 8 nitrogen and oxygen atoms in total. The Labute approximate surface area is 159 Å². The van der Waals surface area contributed by atoms with Gasteiger partial charge in [0.1, 0.15) is 5.58 Å². The van der Waals surface area contributed by atoms with E-state index in [1.54, 1.807) is 30.3 Å². The first kappa shape index (κ1) is 18.0. The summed E-state index contributed by atoms with van der Waals surface area (Å²) in [6.07, 6.45) is -1.42. The summed E-state index contributed by atoms with van der Waals surface area (Å²) < 4.78 is 27.6. The van der Waals surface area contributed by atoms with Gasteiger partial charge in [-0.15, -0.1) is 0 Å². The second kappa shape index (κ2) is 6.97. The first-order chi connectivity index (χ1) is 13.5. The fourth-order valence-electron chi connectivity index (χ4n) is 3.19. The van der Waals surface area contributed by atoms with Gasteiger partial charge in [-0.1, -0.05) is 0 Å². The lowest BCUT2D eigenvalue weighted by Gasteiger charge is -2.33. The van der Waals surface area contributed by atoms with E-state index < -0.39 is 17.8 Å². The Morgan fingerprint density at radius 1 is 1.00 bits per heavy atom. The number of rotatable bonds is 4. The van der Waals surface area contributed by atoms with Crippen LogP contribution < -0.4 is 24.6 Å². The van der Waals surface area contributed by atoms with Crippen molar-refractivity contribution in [2.24, 2.45) is 0 Å². The molecule has 1 aliphatic rings. The van der Waals surface area contributed by atoms with Crippen LogP contribution in [-0.4, -0.2) is 37.1 Å². The fourth-order valence-corrected chi connectivity index (χ4v) is 3.19. The average molecular weight is 386 g/mol. The van der Waals surface area contributed by atoms with Gasteiger partial charge >= 0.3 is 5.63 Å². The van der Waals surface area contributed by atoms with E-state index in [2.05, 4.69) is 0 Å².